The van der Waals surface area contributed by atoms with Gasteiger partial charge in [-0.05, 0) is 42.8 Å². The van der Waals surface area contributed by atoms with Crippen LogP contribution in [-0.2, 0) is 11.3 Å². The molecule has 4 aromatic rings. The summed E-state index contributed by atoms with van der Waals surface area (Å²) < 4.78 is 9.37. The minimum Gasteiger partial charge on any atom is -0.461 e. The second-order valence-corrected chi connectivity index (χ2v) is 6.68. The van der Waals surface area contributed by atoms with Gasteiger partial charge in [-0.1, -0.05) is 41.9 Å². The summed E-state index contributed by atoms with van der Waals surface area (Å²) in [7, 11) is 0. The van der Waals surface area contributed by atoms with Crippen molar-refractivity contribution in [2.75, 3.05) is 6.61 Å². The normalized spacial score (nSPS) is 11.0. The van der Waals surface area contributed by atoms with Crippen molar-refractivity contribution in [2.24, 2.45) is 0 Å². The Morgan fingerprint density at radius 3 is 2.56 bits per heavy atom. The van der Waals surface area contributed by atoms with Gasteiger partial charge in [-0.3, -0.25) is 0 Å². The van der Waals surface area contributed by atoms with Gasteiger partial charge in [-0.25, -0.2) is 4.79 Å². The third kappa shape index (κ3) is 3.24. The van der Waals surface area contributed by atoms with Gasteiger partial charge < -0.3 is 13.9 Å². The van der Waals surface area contributed by atoms with Crippen LogP contribution in [0.5, 0.6) is 0 Å². The number of ether oxygens (including phenoxy) is 1. The molecule has 0 fully saturated rings. The second kappa shape index (κ2) is 7.33. The SMILES string of the molecule is CCOC(=O)c1c(-n2cccc2)c2ccccc2n1Cc1cccc(Cl)c1. The molecule has 4 rings (SSSR count). The second-order valence-electron chi connectivity index (χ2n) is 6.24. The Morgan fingerprint density at radius 2 is 1.81 bits per heavy atom. The molecule has 0 aliphatic rings. The predicted octanol–water partition coefficient (Wildman–Crippen LogP) is 5.31. The smallest absolute Gasteiger partial charge is 0.357 e. The zero-order valence-electron chi connectivity index (χ0n) is 14.9. The highest BCUT2D eigenvalue weighted by atomic mass is 35.5. The first-order valence-electron chi connectivity index (χ1n) is 8.85. The van der Waals surface area contributed by atoms with Crippen molar-refractivity contribution in [3.8, 4) is 5.69 Å². The van der Waals surface area contributed by atoms with Crippen LogP contribution in [0.4, 0.5) is 0 Å². The van der Waals surface area contributed by atoms with E-state index in [0.717, 1.165) is 22.2 Å². The molecular weight excluding hydrogens is 360 g/mol. The molecule has 27 heavy (non-hydrogen) atoms. The quantitative estimate of drug-likeness (QED) is 0.441. The van der Waals surface area contributed by atoms with Gasteiger partial charge in [0, 0.05) is 29.3 Å². The summed E-state index contributed by atoms with van der Waals surface area (Å²) in [6.07, 6.45) is 3.88. The Hall–Kier alpha value is -2.98. The predicted molar refractivity (Wildman–Crippen MR) is 108 cm³/mol. The average Bonchev–Trinajstić information content (AvgIpc) is 3.28. The Balaban J connectivity index is 1.98. The highest BCUT2D eigenvalue weighted by Crippen LogP contribution is 2.31. The van der Waals surface area contributed by atoms with Crippen LogP contribution >= 0.6 is 11.6 Å². The number of esters is 1. The van der Waals surface area contributed by atoms with Gasteiger partial charge in [0.2, 0.25) is 0 Å². The number of fused-ring (bicyclic) bond motifs is 1. The van der Waals surface area contributed by atoms with Crippen LogP contribution in [0.3, 0.4) is 0 Å². The lowest BCUT2D eigenvalue weighted by Gasteiger charge is -2.12. The van der Waals surface area contributed by atoms with Gasteiger partial charge in [0.25, 0.3) is 0 Å². The molecule has 0 radical (unpaired) electrons. The minimum atomic E-state index is -0.334. The first kappa shape index (κ1) is 17.4. The number of halogens is 1. The van der Waals surface area contributed by atoms with Crippen LogP contribution in [0.1, 0.15) is 23.0 Å². The Kier molecular flexibility index (Phi) is 4.73. The molecule has 0 saturated heterocycles. The van der Waals surface area contributed by atoms with Crippen LogP contribution < -0.4 is 0 Å². The molecule has 0 bridgehead atoms. The van der Waals surface area contributed by atoms with Crippen molar-refractivity contribution < 1.29 is 9.53 Å². The summed E-state index contributed by atoms with van der Waals surface area (Å²) in [5, 5.41) is 1.67. The maximum absolute atomic E-state index is 12.9. The monoisotopic (exact) mass is 378 g/mol. The van der Waals surface area contributed by atoms with Gasteiger partial charge in [0.15, 0.2) is 5.69 Å². The van der Waals surface area contributed by atoms with Crippen LogP contribution in [0.2, 0.25) is 5.02 Å². The fourth-order valence-corrected chi connectivity index (χ4v) is 3.63. The number of nitrogens with zero attached hydrogens (tertiary/aromatic N) is 2. The van der Waals surface area contributed by atoms with Crippen LogP contribution in [0.15, 0.2) is 73.1 Å². The van der Waals surface area contributed by atoms with Crippen molar-refractivity contribution in [1.29, 1.82) is 0 Å². The van der Waals surface area contributed by atoms with Crippen LogP contribution in [0.25, 0.3) is 16.6 Å². The third-order valence-electron chi connectivity index (χ3n) is 4.51. The maximum Gasteiger partial charge on any atom is 0.357 e. The van der Waals surface area contributed by atoms with E-state index in [-0.39, 0.29) is 5.97 Å². The zero-order chi connectivity index (χ0) is 18.8. The van der Waals surface area contributed by atoms with E-state index >= 15 is 0 Å². The zero-order valence-corrected chi connectivity index (χ0v) is 15.7. The van der Waals surface area contributed by atoms with Gasteiger partial charge in [-0.2, -0.15) is 0 Å². The summed E-state index contributed by atoms with van der Waals surface area (Å²) in [5.41, 5.74) is 3.36. The first-order chi connectivity index (χ1) is 13.2. The van der Waals surface area contributed by atoms with Crippen LogP contribution in [0, 0.1) is 0 Å². The largest absolute Gasteiger partial charge is 0.461 e. The summed E-state index contributed by atoms with van der Waals surface area (Å²) >= 11 is 6.16. The van der Waals surface area contributed by atoms with E-state index in [0.29, 0.717) is 23.9 Å². The molecule has 4 nitrogen and oxygen atoms in total. The van der Waals surface area contributed by atoms with E-state index < -0.39 is 0 Å². The topological polar surface area (TPSA) is 36.2 Å². The van der Waals surface area contributed by atoms with E-state index in [4.69, 9.17) is 16.3 Å². The molecule has 136 valence electrons. The van der Waals surface area contributed by atoms with Crippen molar-refractivity contribution >= 4 is 28.5 Å². The van der Waals surface area contributed by atoms with E-state index in [1.165, 1.54) is 0 Å². The van der Waals surface area contributed by atoms with Gasteiger partial charge in [0.1, 0.15) is 0 Å². The number of hydrogen-bond donors (Lipinski definition) is 0. The molecular formula is C22H19ClN2O2. The molecule has 0 unspecified atom stereocenters. The van der Waals surface area contributed by atoms with E-state index in [9.17, 15) is 4.79 Å². The van der Waals surface area contributed by atoms with Gasteiger partial charge in [-0.15, -0.1) is 0 Å². The van der Waals surface area contributed by atoms with E-state index in [1.54, 1.807) is 0 Å². The van der Waals surface area contributed by atoms with Crippen molar-refractivity contribution in [3.63, 3.8) is 0 Å². The van der Waals surface area contributed by atoms with Gasteiger partial charge in [0.05, 0.1) is 17.8 Å². The van der Waals surface area contributed by atoms with Gasteiger partial charge >= 0.3 is 5.97 Å². The molecule has 0 N–H and O–H groups in total. The fourth-order valence-electron chi connectivity index (χ4n) is 3.42. The maximum atomic E-state index is 12.9. The molecule has 0 amide bonds. The Bertz CT molecular complexity index is 1100. The number of benzene rings is 2. The molecule has 0 atom stereocenters. The Labute approximate surface area is 162 Å². The van der Waals surface area contributed by atoms with Crippen molar-refractivity contribution in [2.45, 2.75) is 13.5 Å². The average molecular weight is 379 g/mol. The van der Waals surface area contributed by atoms with Crippen molar-refractivity contribution in [1.82, 2.24) is 9.13 Å². The molecule has 0 spiro atoms. The lowest BCUT2D eigenvalue weighted by atomic mass is 10.2. The lowest BCUT2D eigenvalue weighted by molar-refractivity contribution is 0.0515. The molecule has 0 aliphatic carbocycles. The summed E-state index contributed by atoms with van der Waals surface area (Å²) in [6.45, 7) is 2.66. The summed E-state index contributed by atoms with van der Waals surface area (Å²) in [5.74, 6) is -0.334. The first-order valence-corrected chi connectivity index (χ1v) is 9.23. The Morgan fingerprint density at radius 1 is 1.04 bits per heavy atom. The number of carbonyl (C=O) groups is 1. The molecule has 2 aromatic heterocycles. The standard InChI is InChI=1S/C22H19ClN2O2/c1-2-27-22(26)21-20(24-12-5-6-13-24)18-10-3-4-11-19(18)25(21)15-16-8-7-9-17(23)14-16/h3-14H,2,15H2,1H3. The number of carbonyl (C=O) groups excluding carboxylic acids is 1. The highest BCUT2D eigenvalue weighted by Gasteiger charge is 2.24. The van der Waals surface area contributed by atoms with E-state index in [1.807, 2.05) is 89.1 Å². The number of para-hydroxylation sites is 1. The summed E-state index contributed by atoms with van der Waals surface area (Å²) in [4.78, 5) is 12.9. The number of rotatable bonds is 5. The molecule has 2 heterocycles. The number of hydrogen-bond acceptors (Lipinski definition) is 2. The highest BCUT2D eigenvalue weighted by molar-refractivity contribution is 6.30. The minimum absolute atomic E-state index is 0.322. The molecule has 2 aromatic carbocycles. The number of aromatic nitrogens is 2. The molecule has 5 heteroatoms. The summed E-state index contributed by atoms with van der Waals surface area (Å²) in [6, 6.07) is 19.6. The van der Waals surface area contributed by atoms with Crippen molar-refractivity contribution in [3.05, 3.63) is 89.3 Å². The molecule has 0 aliphatic heterocycles. The molecule has 0 saturated carbocycles. The third-order valence-corrected chi connectivity index (χ3v) is 4.74. The lowest BCUT2D eigenvalue weighted by Crippen LogP contribution is -2.15. The van der Waals surface area contributed by atoms with E-state index in [2.05, 4.69) is 0 Å². The fraction of sp³-hybridized carbons (Fsp3) is 0.136. The van der Waals surface area contributed by atoms with Crippen LogP contribution in [-0.4, -0.2) is 21.7 Å².